The minimum absolute atomic E-state index is 0.191. The highest BCUT2D eigenvalue weighted by Gasteiger charge is 2.16. The predicted octanol–water partition coefficient (Wildman–Crippen LogP) is 3.51. The minimum atomic E-state index is -0.199. The van der Waals surface area contributed by atoms with Gasteiger partial charge in [-0.2, -0.15) is 0 Å². The van der Waals surface area contributed by atoms with Gasteiger partial charge in [-0.15, -0.1) is 11.3 Å². The molecule has 0 radical (unpaired) electrons. The summed E-state index contributed by atoms with van der Waals surface area (Å²) in [5.74, 6) is 5.39. The van der Waals surface area contributed by atoms with Crippen molar-refractivity contribution in [3.63, 3.8) is 0 Å². The highest BCUT2D eigenvalue weighted by molar-refractivity contribution is 7.11. The molecule has 2 nitrogen and oxygen atoms in total. The Morgan fingerprint density at radius 3 is 2.58 bits per heavy atom. The van der Waals surface area contributed by atoms with E-state index in [0.29, 0.717) is 12.0 Å². The molecule has 4 heteroatoms. The Labute approximate surface area is 117 Å². The van der Waals surface area contributed by atoms with Gasteiger partial charge in [-0.25, -0.2) is 4.39 Å². The molecule has 1 atom stereocenters. The number of aryl methyl sites for hydroxylation is 2. The summed E-state index contributed by atoms with van der Waals surface area (Å²) in [6, 6.07) is 9.30. The lowest BCUT2D eigenvalue weighted by Crippen LogP contribution is -2.30. The van der Waals surface area contributed by atoms with Crippen LogP contribution >= 0.6 is 11.3 Å². The first-order chi connectivity index (χ1) is 9.13. The number of hydrogen-bond donors (Lipinski definition) is 2. The fourth-order valence-electron chi connectivity index (χ4n) is 2.10. The predicted molar refractivity (Wildman–Crippen MR) is 78.6 cm³/mol. The lowest BCUT2D eigenvalue weighted by atomic mass is 10.0. The Bertz CT molecular complexity index is 551. The van der Waals surface area contributed by atoms with Crippen LogP contribution in [-0.2, 0) is 12.8 Å². The molecule has 0 aliphatic rings. The summed E-state index contributed by atoms with van der Waals surface area (Å²) >= 11 is 1.76. The molecule has 2 aromatic rings. The van der Waals surface area contributed by atoms with E-state index in [-0.39, 0.29) is 11.9 Å². The molecule has 1 aromatic carbocycles. The van der Waals surface area contributed by atoms with Gasteiger partial charge in [-0.1, -0.05) is 19.1 Å². The third-order valence-electron chi connectivity index (χ3n) is 3.20. The van der Waals surface area contributed by atoms with Crippen molar-refractivity contribution < 1.29 is 4.39 Å². The van der Waals surface area contributed by atoms with Crippen molar-refractivity contribution in [3.05, 3.63) is 57.0 Å². The van der Waals surface area contributed by atoms with Gasteiger partial charge in [-0.3, -0.25) is 11.3 Å². The molecule has 3 N–H and O–H groups in total. The number of rotatable bonds is 5. The van der Waals surface area contributed by atoms with Crippen molar-refractivity contribution >= 4 is 11.3 Å². The molecular formula is C15H19FN2S. The smallest absolute Gasteiger partial charge is 0.128 e. The van der Waals surface area contributed by atoms with Crippen LogP contribution in [-0.4, -0.2) is 0 Å². The van der Waals surface area contributed by atoms with Gasteiger partial charge in [0.25, 0.3) is 0 Å². The molecular weight excluding hydrogens is 259 g/mol. The van der Waals surface area contributed by atoms with Crippen LogP contribution in [0.2, 0.25) is 0 Å². The Kier molecular flexibility index (Phi) is 4.69. The van der Waals surface area contributed by atoms with Crippen LogP contribution in [0.25, 0.3) is 0 Å². The van der Waals surface area contributed by atoms with Crippen molar-refractivity contribution in [1.29, 1.82) is 0 Å². The van der Waals surface area contributed by atoms with Crippen LogP contribution in [0.1, 0.15) is 33.8 Å². The number of nitrogens with one attached hydrogen (secondary N) is 1. The van der Waals surface area contributed by atoms with Crippen LogP contribution in [0.5, 0.6) is 0 Å². The molecule has 2 rings (SSSR count). The third-order valence-corrected chi connectivity index (χ3v) is 4.46. The second-order valence-electron chi connectivity index (χ2n) is 4.67. The molecule has 0 saturated carbocycles. The quantitative estimate of drug-likeness (QED) is 0.649. The van der Waals surface area contributed by atoms with Crippen molar-refractivity contribution in [2.45, 2.75) is 32.7 Å². The van der Waals surface area contributed by atoms with Crippen molar-refractivity contribution in [2.24, 2.45) is 5.84 Å². The van der Waals surface area contributed by atoms with Crippen LogP contribution in [0, 0.1) is 12.7 Å². The van der Waals surface area contributed by atoms with Gasteiger partial charge < -0.3 is 0 Å². The fraction of sp³-hybridized carbons (Fsp3) is 0.333. The lowest BCUT2D eigenvalue weighted by molar-refractivity contribution is 0.512. The second-order valence-corrected chi connectivity index (χ2v) is 5.92. The zero-order valence-electron chi connectivity index (χ0n) is 11.2. The molecule has 19 heavy (non-hydrogen) atoms. The number of hydrazine groups is 1. The Hall–Kier alpha value is -1.23. The summed E-state index contributed by atoms with van der Waals surface area (Å²) in [4.78, 5) is 2.56. The van der Waals surface area contributed by atoms with E-state index >= 15 is 0 Å². The van der Waals surface area contributed by atoms with E-state index in [2.05, 4.69) is 24.5 Å². The van der Waals surface area contributed by atoms with Crippen molar-refractivity contribution in [2.75, 3.05) is 0 Å². The van der Waals surface area contributed by atoms with E-state index in [1.165, 1.54) is 9.75 Å². The third kappa shape index (κ3) is 3.41. The van der Waals surface area contributed by atoms with Gasteiger partial charge in [-0.05, 0) is 37.1 Å². The number of benzene rings is 1. The molecule has 1 aromatic heterocycles. The van der Waals surface area contributed by atoms with Gasteiger partial charge in [0, 0.05) is 21.7 Å². The summed E-state index contributed by atoms with van der Waals surface area (Å²) in [7, 11) is 0. The van der Waals surface area contributed by atoms with Gasteiger partial charge >= 0.3 is 0 Å². The van der Waals surface area contributed by atoms with Crippen LogP contribution in [0.3, 0.4) is 0 Å². The average molecular weight is 278 g/mol. The highest BCUT2D eigenvalue weighted by Crippen LogP contribution is 2.25. The molecule has 0 saturated heterocycles. The molecule has 0 bridgehead atoms. The fourth-order valence-corrected chi connectivity index (χ4v) is 3.10. The van der Waals surface area contributed by atoms with Crippen LogP contribution in [0.4, 0.5) is 4.39 Å². The maximum atomic E-state index is 14.0. The first kappa shape index (κ1) is 14.2. The molecule has 0 aliphatic heterocycles. The van der Waals surface area contributed by atoms with E-state index in [1.807, 2.05) is 19.1 Å². The first-order valence-electron chi connectivity index (χ1n) is 6.43. The van der Waals surface area contributed by atoms with E-state index in [4.69, 9.17) is 5.84 Å². The number of thiophene rings is 1. The topological polar surface area (TPSA) is 38.0 Å². The van der Waals surface area contributed by atoms with E-state index in [0.717, 1.165) is 12.0 Å². The second kappa shape index (κ2) is 6.28. The molecule has 1 heterocycles. The molecule has 1 unspecified atom stereocenters. The van der Waals surface area contributed by atoms with Crippen LogP contribution in [0.15, 0.2) is 30.3 Å². The number of nitrogens with two attached hydrogens (primary N) is 1. The zero-order valence-corrected chi connectivity index (χ0v) is 12.1. The van der Waals surface area contributed by atoms with E-state index < -0.39 is 0 Å². The number of hydrogen-bond acceptors (Lipinski definition) is 3. The lowest BCUT2D eigenvalue weighted by Gasteiger charge is -2.16. The van der Waals surface area contributed by atoms with Gasteiger partial charge in [0.15, 0.2) is 0 Å². The normalized spacial score (nSPS) is 12.6. The molecule has 102 valence electrons. The average Bonchev–Trinajstić information content (AvgIpc) is 2.84. The largest absolute Gasteiger partial charge is 0.271 e. The summed E-state index contributed by atoms with van der Waals surface area (Å²) in [6.07, 6.45) is 1.74. The first-order valence-corrected chi connectivity index (χ1v) is 7.25. The molecule has 0 aliphatic carbocycles. The van der Waals surface area contributed by atoms with Crippen molar-refractivity contribution in [1.82, 2.24) is 5.43 Å². The van der Waals surface area contributed by atoms with E-state index in [9.17, 15) is 4.39 Å². The highest BCUT2D eigenvalue weighted by atomic mass is 32.1. The summed E-state index contributed by atoms with van der Waals surface area (Å²) in [5.41, 5.74) is 4.26. The molecule has 0 spiro atoms. The van der Waals surface area contributed by atoms with Crippen LogP contribution < -0.4 is 11.3 Å². The molecule has 0 fully saturated rings. The Morgan fingerprint density at radius 2 is 2.00 bits per heavy atom. The zero-order chi connectivity index (χ0) is 13.8. The standard InChI is InChI=1S/C15H19FN2S/c1-3-11-5-6-12(19-11)9-15(18-17)13-7-4-10(2)8-14(13)16/h4-8,15,18H,3,9,17H2,1-2H3. The summed E-state index contributed by atoms with van der Waals surface area (Å²) < 4.78 is 14.0. The maximum Gasteiger partial charge on any atom is 0.128 e. The SMILES string of the molecule is CCc1ccc(CC(NN)c2ccc(C)cc2F)s1. The summed E-state index contributed by atoms with van der Waals surface area (Å²) in [6.45, 7) is 4.01. The summed E-state index contributed by atoms with van der Waals surface area (Å²) in [5, 5.41) is 0. The Balaban J connectivity index is 2.19. The Morgan fingerprint density at radius 1 is 1.26 bits per heavy atom. The van der Waals surface area contributed by atoms with Gasteiger partial charge in [0.1, 0.15) is 5.82 Å². The van der Waals surface area contributed by atoms with Crippen molar-refractivity contribution in [3.8, 4) is 0 Å². The van der Waals surface area contributed by atoms with E-state index in [1.54, 1.807) is 17.4 Å². The van der Waals surface area contributed by atoms with Gasteiger partial charge in [0.05, 0.1) is 6.04 Å². The van der Waals surface area contributed by atoms with Gasteiger partial charge in [0.2, 0.25) is 0 Å². The number of halogens is 1. The monoisotopic (exact) mass is 278 g/mol. The maximum absolute atomic E-state index is 14.0. The minimum Gasteiger partial charge on any atom is -0.271 e. The molecule has 0 amide bonds.